The molecule has 0 spiro atoms. The molecule has 2 nitrogen and oxygen atoms in total. The van der Waals surface area contributed by atoms with Gasteiger partial charge in [-0.25, -0.2) is 0 Å². The van der Waals surface area contributed by atoms with Gasteiger partial charge in [0.25, 0.3) is 0 Å². The van der Waals surface area contributed by atoms with Crippen LogP contribution in [0.1, 0.15) is 0 Å². The third-order valence-corrected chi connectivity index (χ3v) is 0. The first-order valence-electron chi connectivity index (χ1n) is 0.569. The molecule has 0 fully saturated rings. The van der Waals surface area contributed by atoms with Crippen molar-refractivity contribution in [3.05, 3.63) is 0 Å². The second-order valence-corrected chi connectivity index (χ2v) is 0.722. The van der Waals surface area contributed by atoms with Gasteiger partial charge in [0.1, 0.15) is 0 Å². The summed E-state index contributed by atoms with van der Waals surface area (Å²) in [5.74, 6) is 0. The summed E-state index contributed by atoms with van der Waals surface area (Å²) in [5, 5.41) is 0. The van der Waals surface area contributed by atoms with Crippen molar-refractivity contribution < 1.29 is 14.0 Å². The first kappa shape index (κ1) is 9.56. The Morgan fingerprint density at radius 1 is 1.40 bits per heavy atom. The summed E-state index contributed by atoms with van der Waals surface area (Å²) in [7, 11) is -3.12. The fourth-order valence-electron chi connectivity index (χ4n) is 0. The summed E-state index contributed by atoms with van der Waals surface area (Å²) in [6.07, 6.45) is 0. The van der Waals surface area contributed by atoms with Gasteiger partial charge in [0, 0.05) is 0 Å². The van der Waals surface area contributed by atoms with Crippen LogP contribution in [0, 0.1) is 0 Å². The summed E-state index contributed by atoms with van der Waals surface area (Å²) < 4.78 is 10.2. The molecule has 0 atom stereocenters. The van der Waals surface area contributed by atoms with E-state index in [9.17, 15) is 4.20 Å². The summed E-state index contributed by atoms with van der Waals surface area (Å²) in [5.41, 5.74) is 0. The van der Waals surface area contributed by atoms with Gasteiger partial charge in [-0.15, -0.1) is 0 Å². The standard InChI is InChI=1S/FH2O2P.Na.H/c1-4(2)3;;/h2-3H;;. The van der Waals surface area contributed by atoms with E-state index in [0.717, 1.165) is 0 Å². The van der Waals surface area contributed by atoms with Crippen molar-refractivity contribution in [2.45, 2.75) is 0 Å². The van der Waals surface area contributed by atoms with Gasteiger partial charge in [0.05, 0.1) is 0 Å². The fourth-order valence-corrected chi connectivity index (χ4v) is 0. The molecule has 2 N–H and O–H groups in total. The molecule has 0 aliphatic heterocycles. The molecule has 0 unspecified atom stereocenters. The van der Waals surface area contributed by atoms with Crippen molar-refractivity contribution in [1.29, 1.82) is 0 Å². The van der Waals surface area contributed by atoms with Gasteiger partial charge in [-0.05, 0) is 0 Å². The van der Waals surface area contributed by atoms with E-state index < -0.39 is 8.69 Å². The van der Waals surface area contributed by atoms with Crippen LogP contribution >= 0.6 is 8.69 Å². The molecule has 28 valence electrons. The number of rotatable bonds is 0. The van der Waals surface area contributed by atoms with E-state index in [1.807, 2.05) is 0 Å². The van der Waals surface area contributed by atoms with Crippen molar-refractivity contribution >= 4 is 38.2 Å². The summed E-state index contributed by atoms with van der Waals surface area (Å²) in [6.45, 7) is 0. The second kappa shape index (κ2) is 5.28. The third-order valence-electron chi connectivity index (χ3n) is 0. The molecule has 0 saturated heterocycles. The summed E-state index contributed by atoms with van der Waals surface area (Å²) in [4.78, 5) is 14.0. The Labute approximate surface area is 52.3 Å². The molecular weight excluding hydrogens is 105 g/mol. The Bertz CT molecular complexity index is 14.4. The first-order chi connectivity index (χ1) is 1.73. The molecule has 0 rings (SSSR count). The zero-order chi connectivity index (χ0) is 3.58. The summed E-state index contributed by atoms with van der Waals surface area (Å²) >= 11 is 0. The van der Waals surface area contributed by atoms with Crippen LogP contribution in [-0.4, -0.2) is 39.3 Å². The number of hydrogen-bond acceptors (Lipinski definition) is 2. The molecular formula is H3FNaO2P. The van der Waals surface area contributed by atoms with Crippen LogP contribution in [0.15, 0.2) is 0 Å². The predicted octanol–water partition coefficient (Wildman–Crippen LogP) is -0.481. The predicted molar refractivity (Wildman–Crippen MR) is 19.6 cm³/mol. The Morgan fingerprint density at radius 2 is 1.40 bits per heavy atom. The van der Waals surface area contributed by atoms with Gasteiger partial charge < -0.3 is 9.79 Å². The van der Waals surface area contributed by atoms with Crippen LogP contribution in [0.3, 0.4) is 0 Å². The average Bonchev–Trinajstić information content (AvgIpc) is 0.811. The molecule has 0 aromatic rings. The van der Waals surface area contributed by atoms with Gasteiger partial charge in [-0.3, -0.25) is 0 Å². The zero-order valence-corrected chi connectivity index (χ0v) is 2.61. The van der Waals surface area contributed by atoms with Crippen molar-refractivity contribution in [2.75, 3.05) is 0 Å². The maximum absolute atomic E-state index is 10.2. The van der Waals surface area contributed by atoms with E-state index in [1.165, 1.54) is 0 Å². The average molecular weight is 108 g/mol. The van der Waals surface area contributed by atoms with Crippen LogP contribution in [0.5, 0.6) is 0 Å². The van der Waals surface area contributed by atoms with E-state index in [4.69, 9.17) is 9.79 Å². The monoisotopic (exact) mass is 108 g/mol. The van der Waals surface area contributed by atoms with Gasteiger partial charge in [0.2, 0.25) is 0 Å². The normalized spacial score (nSPS) is 7.20. The molecule has 0 aliphatic carbocycles. The SMILES string of the molecule is OP(O)F.[NaH]. The van der Waals surface area contributed by atoms with Crippen molar-refractivity contribution in [2.24, 2.45) is 0 Å². The van der Waals surface area contributed by atoms with E-state index in [2.05, 4.69) is 0 Å². The van der Waals surface area contributed by atoms with E-state index in [0.29, 0.717) is 0 Å². The minimum absolute atomic E-state index is 0. The fraction of sp³-hybridized carbons (Fsp3) is 0. The van der Waals surface area contributed by atoms with Gasteiger partial charge >= 0.3 is 38.2 Å². The van der Waals surface area contributed by atoms with Crippen LogP contribution in [0.25, 0.3) is 0 Å². The zero-order valence-electron chi connectivity index (χ0n) is 1.72. The summed E-state index contributed by atoms with van der Waals surface area (Å²) in [6, 6.07) is 0. The maximum atomic E-state index is 10.2. The van der Waals surface area contributed by atoms with E-state index >= 15 is 0 Å². The number of hydrogen-bond donors (Lipinski definition) is 2. The van der Waals surface area contributed by atoms with Gasteiger partial charge in [-0.1, -0.05) is 0 Å². The Balaban J connectivity index is 0. The van der Waals surface area contributed by atoms with Crippen molar-refractivity contribution in [1.82, 2.24) is 0 Å². The molecule has 0 aromatic carbocycles. The topological polar surface area (TPSA) is 40.5 Å². The molecule has 0 radical (unpaired) electrons. The Morgan fingerprint density at radius 3 is 1.40 bits per heavy atom. The van der Waals surface area contributed by atoms with E-state index in [1.54, 1.807) is 0 Å². The molecule has 5 heteroatoms. The van der Waals surface area contributed by atoms with Crippen LogP contribution in [0.4, 0.5) is 4.20 Å². The second-order valence-electron chi connectivity index (χ2n) is 0.241. The van der Waals surface area contributed by atoms with E-state index in [-0.39, 0.29) is 29.6 Å². The first-order valence-corrected chi connectivity index (χ1v) is 1.71. The molecule has 0 aliphatic rings. The minimum atomic E-state index is -3.12. The van der Waals surface area contributed by atoms with Crippen molar-refractivity contribution in [3.8, 4) is 0 Å². The van der Waals surface area contributed by atoms with Crippen LogP contribution in [-0.2, 0) is 0 Å². The molecule has 5 heavy (non-hydrogen) atoms. The Kier molecular flexibility index (Phi) is 10.1. The number of halogens is 1. The quantitative estimate of drug-likeness (QED) is 0.325. The van der Waals surface area contributed by atoms with Crippen LogP contribution in [0.2, 0.25) is 0 Å². The molecule has 0 saturated carbocycles. The van der Waals surface area contributed by atoms with Gasteiger partial charge in [0.15, 0.2) is 0 Å². The molecule has 0 amide bonds. The Hall–Kier alpha value is 1.28. The van der Waals surface area contributed by atoms with Crippen LogP contribution < -0.4 is 0 Å². The third kappa shape index (κ3) is 34.7. The van der Waals surface area contributed by atoms with Crippen molar-refractivity contribution in [3.63, 3.8) is 0 Å². The molecule has 0 aromatic heterocycles. The van der Waals surface area contributed by atoms with Gasteiger partial charge in [-0.2, -0.15) is 4.20 Å². The molecule has 0 bridgehead atoms. The molecule has 0 heterocycles.